The number of hydrogen-bond donors (Lipinski definition) is 2. The standard InChI is InChI=1S/C14H17FN2O3/c15-11-3-1-2-9(6-11)7-12(13(16)18)17-14(19)10-4-5-20-8-10/h1-3,6,10,12H,4-5,7-8H2,(H2,16,18)(H,17,19)/t10-,12-/m0/s1. The van der Waals surface area contributed by atoms with E-state index in [0.717, 1.165) is 0 Å². The van der Waals surface area contributed by atoms with Crippen molar-refractivity contribution in [2.24, 2.45) is 11.7 Å². The highest BCUT2D eigenvalue weighted by atomic mass is 19.1. The SMILES string of the molecule is NC(=O)[C@H](Cc1cccc(F)c1)NC(=O)[C@H]1CCOC1. The Morgan fingerprint density at radius 3 is 2.90 bits per heavy atom. The predicted octanol–water partition coefficient (Wildman–Crippen LogP) is 0.375. The molecule has 0 bridgehead atoms. The molecule has 1 aromatic carbocycles. The summed E-state index contributed by atoms with van der Waals surface area (Å²) in [5, 5.41) is 2.61. The van der Waals surface area contributed by atoms with Crippen molar-refractivity contribution in [2.45, 2.75) is 18.9 Å². The zero-order valence-corrected chi connectivity index (χ0v) is 11.0. The average Bonchev–Trinajstić information content (AvgIpc) is 2.91. The molecule has 6 heteroatoms. The number of rotatable bonds is 5. The highest BCUT2D eigenvalue weighted by Gasteiger charge is 2.27. The predicted molar refractivity (Wildman–Crippen MR) is 70.2 cm³/mol. The molecule has 0 saturated carbocycles. The normalized spacial score (nSPS) is 19.6. The molecular weight excluding hydrogens is 263 g/mol. The number of ether oxygens (including phenoxy) is 1. The minimum atomic E-state index is -0.843. The lowest BCUT2D eigenvalue weighted by atomic mass is 10.0. The van der Waals surface area contributed by atoms with Gasteiger partial charge in [0.05, 0.1) is 12.5 Å². The molecule has 1 fully saturated rings. The van der Waals surface area contributed by atoms with E-state index in [9.17, 15) is 14.0 Å². The van der Waals surface area contributed by atoms with Crippen LogP contribution in [-0.2, 0) is 20.7 Å². The third-order valence-electron chi connectivity index (χ3n) is 3.29. The van der Waals surface area contributed by atoms with Crippen LogP contribution in [0, 0.1) is 11.7 Å². The molecule has 1 heterocycles. The van der Waals surface area contributed by atoms with Gasteiger partial charge in [0.2, 0.25) is 11.8 Å². The zero-order valence-electron chi connectivity index (χ0n) is 11.0. The van der Waals surface area contributed by atoms with Gasteiger partial charge in [-0.25, -0.2) is 4.39 Å². The van der Waals surface area contributed by atoms with Crippen LogP contribution in [0.2, 0.25) is 0 Å². The lowest BCUT2D eigenvalue weighted by molar-refractivity contribution is -0.129. The summed E-state index contributed by atoms with van der Waals surface area (Å²) < 4.78 is 18.2. The largest absolute Gasteiger partial charge is 0.381 e. The van der Waals surface area contributed by atoms with Crippen molar-refractivity contribution in [3.8, 4) is 0 Å². The van der Waals surface area contributed by atoms with Crippen molar-refractivity contribution in [3.63, 3.8) is 0 Å². The van der Waals surface area contributed by atoms with Crippen LogP contribution in [0.25, 0.3) is 0 Å². The Balaban J connectivity index is 2.00. The minimum absolute atomic E-state index is 0.173. The van der Waals surface area contributed by atoms with E-state index < -0.39 is 11.9 Å². The van der Waals surface area contributed by atoms with Crippen LogP contribution >= 0.6 is 0 Å². The minimum Gasteiger partial charge on any atom is -0.381 e. The first-order chi connectivity index (χ1) is 9.56. The molecule has 2 atom stereocenters. The second-order valence-electron chi connectivity index (χ2n) is 4.86. The monoisotopic (exact) mass is 280 g/mol. The third kappa shape index (κ3) is 3.77. The van der Waals surface area contributed by atoms with Crippen molar-refractivity contribution < 1.29 is 18.7 Å². The van der Waals surface area contributed by atoms with Gasteiger partial charge in [-0.3, -0.25) is 9.59 Å². The average molecular weight is 280 g/mol. The molecule has 1 aliphatic heterocycles. The second kappa shape index (κ2) is 6.47. The molecule has 1 saturated heterocycles. The summed E-state index contributed by atoms with van der Waals surface area (Å²) in [6.07, 6.45) is 0.809. The van der Waals surface area contributed by atoms with Crippen molar-refractivity contribution in [3.05, 3.63) is 35.6 Å². The maximum Gasteiger partial charge on any atom is 0.240 e. The molecule has 0 aliphatic carbocycles. The summed E-state index contributed by atoms with van der Waals surface area (Å²) in [6.45, 7) is 0.903. The molecule has 3 N–H and O–H groups in total. The van der Waals surface area contributed by atoms with Gasteiger partial charge in [0.1, 0.15) is 11.9 Å². The Bertz CT molecular complexity index is 501. The quantitative estimate of drug-likeness (QED) is 0.818. The number of nitrogens with one attached hydrogen (secondary N) is 1. The molecule has 108 valence electrons. The topological polar surface area (TPSA) is 81.4 Å². The van der Waals surface area contributed by atoms with E-state index in [1.54, 1.807) is 12.1 Å². The molecule has 2 rings (SSSR count). The van der Waals surface area contributed by atoms with E-state index in [1.807, 2.05) is 0 Å². The summed E-state index contributed by atoms with van der Waals surface area (Å²) in [7, 11) is 0. The van der Waals surface area contributed by atoms with Gasteiger partial charge in [-0.15, -0.1) is 0 Å². The van der Waals surface area contributed by atoms with Crippen molar-refractivity contribution >= 4 is 11.8 Å². The van der Waals surface area contributed by atoms with E-state index in [0.29, 0.717) is 25.2 Å². The fraction of sp³-hybridized carbons (Fsp3) is 0.429. The molecule has 20 heavy (non-hydrogen) atoms. The zero-order chi connectivity index (χ0) is 14.5. The molecular formula is C14H17FN2O3. The van der Waals surface area contributed by atoms with Crippen molar-refractivity contribution in [1.29, 1.82) is 0 Å². The molecule has 0 spiro atoms. The summed E-state index contributed by atoms with van der Waals surface area (Å²) in [5.74, 6) is -1.52. The van der Waals surface area contributed by atoms with Gasteiger partial charge >= 0.3 is 0 Å². The summed E-state index contributed by atoms with van der Waals surface area (Å²) >= 11 is 0. The van der Waals surface area contributed by atoms with Crippen LogP contribution in [0.15, 0.2) is 24.3 Å². The van der Waals surface area contributed by atoms with Gasteiger partial charge in [0.15, 0.2) is 0 Å². The van der Waals surface area contributed by atoms with Gasteiger partial charge in [0, 0.05) is 13.0 Å². The van der Waals surface area contributed by atoms with Crippen molar-refractivity contribution in [1.82, 2.24) is 5.32 Å². The number of carbonyl (C=O) groups is 2. The van der Waals surface area contributed by atoms with E-state index in [1.165, 1.54) is 12.1 Å². The molecule has 2 amide bonds. The van der Waals surface area contributed by atoms with Crippen LogP contribution in [0.4, 0.5) is 4.39 Å². The van der Waals surface area contributed by atoms with Crippen molar-refractivity contribution in [2.75, 3.05) is 13.2 Å². The number of amides is 2. The van der Waals surface area contributed by atoms with Crippen LogP contribution in [0.5, 0.6) is 0 Å². The van der Waals surface area contributed by atoms with E-state index in [2.05, 4.69) is 5.32 Å². The Labute approximate surface area is 116 Å². The maximum atomic E-state index is 13.1. The molecule has 0 unspecified atom stereocenters. The second-order valence-corrected chi connectivity index (χ2v) is 4.86. The molecule has 0 radical (unpaired) electrons. The van der Waals surface area contributed by atoms with Gasteiger partial charge in [-0.1, -0.05) is 12.1 Å². The van der Waals surface area contributed by atoms with Crippen LogP contribution < -0.4 is 11.1 Å². The smallest absolute Gasteiger partial charge is 0.240 e. The number of halogens is 1. The number of carbonyl (C=O) groups excluding carboxylic acids is 2. The summed E-state index contributed by atoms with van der Waals surface area (Å²) in [4.78, 5) is 23.4. The summed E-state index contributed by atoms with van der Waals surface area (Å²) in [6, 6.07) is 5.03. The maximum absolute atomic E-state index is 13.1. The number of nitrogens with two attached hydrogens (primary N) is 1. The molecule has 0 aromatic heterocycles. The van der Waals surface area contributed by atoms with Gasteiger partial charge in [-0.05, 0) is 24.1 Å². The van der Waals surface area contributed by atoms with Crippen LogP contribution in [0.1, 0.15) is 12.0 Å². The Kier molecular flexibility index (Phi) is 4.68. The Hall–Kier alpha value is -1.95. The fourth-order valence-electron chi connectivity index (χ4n) is 2.15. The summed E-state index contributed by atoms with van der Waals surface area (Å²) in [5.41, 5.74) is 5.90. The number of benzene rings is 1. The Morgan fingerprint density at radius 2 is 2.30 bits per heavy atom. The highest BCUT2D eigenvalue weighted by molar-refractivity contribution is 5.87. The van der Waals surface area contributed by atoms with E-state index in [-0.39, 0.29) is 24.1 Å². The lowest BCUT2D eigenvalue weighted by Gasteiger charge is -2.17. The van der Waals surface area contributed by atoms with Crippen LogP contribution in [0.3, 0.4) is 0 Å². The lowest BCUT2D eigenvalue weighted by Crippen LogP contribution is -2.48. The first-order valence-electron chi connectivity index (χ1n) is 6.48. The molecule has 5 nitrogen and oxygen atoms in total. The first kappa shape index (κ1) is 14.5. The van der Waals surface area contributed by atoms with Gasteiger partial charge < -0.3 is 15.8 Å². The third-order valence-corrected chi connectivity index (χ3v) is 3.29. The number of primary amides is 1. The number of hydrogen-bond acceptors (Lipinski definition) is 3. The fourth-order valence-corrected chi connectivity index (χ4v) is 2.15. The highest BCUT2D eigenvalue weighted by Crippen LogP contribution is 2.13. The first-order valence-corrected chi connectivity index (χ1v) is 6.48. The Morgan fingerprint density at radius 1 is 1.50 bits per heavy atom. The van der Waals surface area contributed by atoms with E-state index in [4.69, 9.17) is 10.5 Å². The van der Waals surface area contributed by atoms with Gasteiger partial charge in [0.25, 0.3) is 0 Å². The van der Waals surface area contributed by atoms with Gasteiger partial charge in [-0.2, -0.15) is 0 Å². The molecule has 1 aliphatic rings. The van der Waals surface area contributed by atoms with Crippen LogP contribution in [-0.4, -0.2) is 31.1 Å². The van der Waals surface area contributed by atoms with E-state index >= 15 is 0 Å². The molecule has 1 aromatic rings.